The number of hydrogen-bond donors (Lipinski definition) is 1. The number of likely N-dealkylation sites (tertiary alicyclic amines) is 1. The van der Waals surface area contributed by atoms with Crippen molar-refractivity contribution < 1.29 is 40.0 Å². The molecule has 0 unspecified atom stereocenters. The fourth-order valence-electron chi connectivity index (χ4n) is 4.93. The highest BCUT2D eigenvalue weighted by Gasteiger charge is 2.51. The standard InChI is InChI=1S/C23H26F5N5O4S/c24-22(25)8-17(13-32(14-22)38(36,37)31-11-16(9-29)12-31)21(35)33-7-1-2-19(33)20(34)30-10-15-3-5-18(6-4-15)23(26,27)28/h3-6,16-17,19H,1-2,7-8,10-14H2,(H,30,34)/t17-,19-/m1/s1. The minimum absolute atomic E-state index is 0.0947. The Balaban J connectivity index is 1.40. The Kier molecular flexibility index (Phi) is 7.70. The molecule has 3 fully saturated rings. The van der Waals surface area contributed by atoms with Gasteiger partial charge in [0.05, 0.1) is 30.0 Å². The molecule has 2 atom stereocenters. The van der Waals surface area contributed by atoms with Gasteiger partial charge in [-0.15, -0.1) is 0 Å². The topological polar surface area (TPSA) is 114 Å². The van der Waals surface area contributed by atoms with E-state index in [0.717, 1.165) is 16.4 Å². The van der Waals surface area contributed by atoms with Crippen molar-refractivity contribution in [1.82, 2.24) is 18.8 Å². The van der Waals surface area contributed by atoms with Crippen LogP contribution >= 0.6 is 0 Å². The molecule has 0 saturated carbocycles. The molecule has 3 aliphatic heterocycles. The van der Waals surface area contributed by atoms with Crippen molar-refractivity contribution >= 4 is 22.0 Å². The van der Waals surface area contributed by atoms with E-state index in [2.05, 4.69) is 5.32 Å². The Bertz CT molecular complexity index is 1210. The number of nitrogens with zero attached hydrogens (tertiary/aromatic N) is 4. The Morgan fingerprint density at radius 3 is 2.37 bits per heavy atom. The van der Waals surface area contributed by atoms with Gasteiger partial charge in [0.2, 0.25) is 11.8 Å². The van der Waals surface area contributed by atoms with Crippen LogP contribution in [0.25, 0.3) is 0 Å². The molecule has 0 spiro atoms. The van der Waals surface area contributed by atoms with Gasteiger partial charge in [0.1, 0.15) is 6.04 Å². The number of halogens is 5. The monoisotopic (exact) mass is 563 g/mol. The summed E-state index contributed by atoms with van der Waals surface area (Å²) < 4.78 is 94.5. The summed E-state index contributed by atoms with van der Waals surface area (Å²) in [5, 5.41) is 11.5. The molecule has 38 heavy (non-hydrogen) atoms. The second kappa shape index (κ2) is 10.4. The first kappa shape index (κ1) is 28.2. The largest absolute Gasteiger partial charge is 0.416 e. The van der Waals surface area contributed by atoms with Crippen LogP contribution in [-0.2, 0) is 32.5 Å². The van der Waals surface area contributed by atoms with Gasteiger partial charge in [-0.05, 0) is 30.5 Å². The third-order valence-electron chi connectivity index (χ3n) is 7.00. The third kappa shape index (κ3) is 5.92. The smallest absolute Gasteiger partial charge is 0.350 e. The maximum atomic E-state index is 14.6. The molecule has 3 saturated heterocycles. The van der Waals surface area contributed by atoms with Crippen LogP contribution in [0.4, 0.5) is 22.0 Å². The van der Waals surface area contributed by atoms with E-state index in [1.54, 1.807) is 0 Å². The van der Waals surface area contributed by atoms with E-state index in [1.807, 2.05) is 6.07 Å². The summed E-state index contributed by atoms with van der Waals surface area (Å²) in [6.45, 7) is -1.73. The second-order valence-corrected chi connectivity index (χ2v) is 11.7. The number of benzene rings is 1. The first-order valence-electron chi connectivity index (χ1n) is 12.0. The van der Waals surface area contributed by atoms with Gasteiger partial charge in [0, 0.05) is 39.1 Å². The van der Waals surface area contributed by atoms with E-state index in [1.165, 1.54) is 17.0 Å². The molecule has 9 nitrogen and oxygen atoms in total. The first-order valence-corrected chi connectivity index (χ1v) is 13.4. The lowest BCUT2D eigenvalue weighted by Gasteiger charge is -2.42. The summed E-state index contributed by atoms with van der Waals surface area (Å²) in [5.41, 5.74) is -0.431. The number of alkyl halides is 5. The molecule has 1 aromatic carbocycles. The van der Waals surface area contributed by atoms with Crippen molar-refractivity contribution in [3.8, 4) is 6.07 Å². The molecule has 0 radical (unpaired) electrons. The van der Waals surface area contributed by atoms with Gasteiger partial charge >= 0.3 is 6.18 Å². The number of hydrogen-bond acceptors (Lipinski definition) is 5. The molecule has 15 heteroatoms. The highest BCUT2D eigenvalue weighted by atomic mass is 32.2. The minimum atomic E-state index is -4.49. The maximum Gasteiger partial charge on any atom is 0.416 e. The summed E-state index contributed by atoms with van der Waals surface area (Å²) in [5.74, 6) is -6.68. The number of carbonyl (C=O) groups is 2. The van der Waals surface area contributed by atoms with E-state index in [4.69, 9.17) is 5.26 Å². The average Bonchev–Trinajstić information content (AvgIpc) is 3.30. The van der Waals surface area contributed by atoms with Gasteiger partial charge in [0.25, 0.3) is 16.1 Å². The van der Waals surface area contributed by atoms with Crippen LogP contribution in [0.1, 0.15) is 30.4 Å². The van der Waals surface area contributed by atoms with Crippen LogP contribution in [0, 0.1) is 23.2 Å². The minimum Gasteiger partial charge on any atom is -0.350 e. The zero-order valence-corrected chi connectivity index (χ0v) is 20.9. The Morgan fingerprint density at radius 1 is 1.11 bits per heavy atom. The van der Waals surface area contributed by atoms with Gasteiger partial charge in [-0.25, -0.2) is 8.78 Å². The summed E-state index contributed by atoms with van der Waals surface area (Å²) in [6, 6.07) is 5.16. The molecular weight excluding hydrogens is 537 g/mol. The van der Waals surface area contributed by atoms with Crippen molar-refractivity contribution in [3.63, 3.8) is 0 Å². The van der Waals surface area contributed by atoms with Crippen molar-refractivity contribution in [2.24, 2.45) is 11.8 Å². The van der Waals surface area contributed by atoms with Gasteiger partial charge in [0.15, 0.2) is 0 Å². The number of nitrogens with one attached hydrogen (secondary N) is 1. The number of nitriles is 1. The number of piperidine rings is 1. The summed E-state index contributed by atoms with van der Waals surface area (Å²) >= 11 is 0. The second-order valence-electron chi connectivity index (χ2n) is 9.80. The zero-order chi connectivity index (χ0) is 27.9. The first-order chi connectivity index (χ1) is 17.7. The van der Waals surface area contributed by atoms with Crippen molar-refractivity contribution in [3.05, 3.63) is 35.4 Å². The van der Waals surface area contributed by atoms with Gasteiger partial charge < -0.3 is 10.2 Å². The van der Waals surface area contributed by atoms with E-state index in [0.29, 0.717) is 16.3 Å². The molecule has 0 aliphatic carbocycles. The molecule has 208 valence electrons. The van der Waals surface area contributed by atoms with Crippen LogP contribution in [0.3, 0.4) is 0 Å². The van der Waals surface area contributed by atoms with E-state index >= 15 is 0 Å². The van der Waals surface area contributed by atoms with Crippen LogP contribution in [0.2, 0.25) is 0 Å². The molecule has 1 N–H and O–H groups in total. The number of carbonyl (C=O) groups excluding carboxylic acids is 2. The Labute approximate surface area is 216 Å². The predicted molar refractivity (Wildman–Crippen MR) is 122 cm³/mol. The van der Waals surface area contributed by atoms with Gasteiger partial charge in [-0.1, -0.05) is 12.1 Å². The van der Waals surface area contributed by atoms with Crippen molar-refractivity contribution in [2.45, 2.75) is 43.9 Å². The van der Waals surface area contributed by atoms with E-state index in [-0.39, 0.29) is 32.6 Å². The SMILES string of the molecule is N#CC1CN(S(=O)(=O)N2C[C@H](C(=O)N3CCC[C@@H]3C(=O)NCc3ccc(C(F)(F)F)cc3)CC(F)(F)C2)C1. The number of rotatable bonds is 6. The molecule has 3 aliphatic rings. The molecule has 2 amide bonds. The fourth-order valence-corrected chi connectivity index (χ4v) is 6.71. The molecular formula is C23H26F5N5O4S. The average molecular weight is 564 g/mol. The van der Waals surface area contributed by atoms with Gasteiger partial charge in [-0.2, -0.15) is 35.5 Å². The zero-order valence-electron chi connectivity index (χ0n) is 20.1. The Hall–Kier alpha value is -2.83. The van der Waals surface area contributed by atoms with Crippen LogP contribution in [-0.4, -0.2) is 78.4 Å². The lowest BCUT2D eigenvalue weighted by atomic mass is 9.95. The number of amides is 2. The quantitative estimate of drug-likeness (QED) is 0.532. The van der Waals surface area contributed by atoms with E-state index in [9.17, 15) is 40.0 Å². The normalized spacial score (nSPS) is 25.0. The van der Waals surface area contributed by atoms with Crippen molar-refractivity contribution in [2.75, 3.05) is 32.7 Å². The Morgan fingerprint density at radius 2 is 1.76 bits per heavy atom. The molecule has 0 bridgehead atoms. The van der Waals surface area contributed by atoms with Crippen LogP contribution < -0.4 is 5.32 Å². The molecule has 3 heterocycles. The summed E-state index contributed by atoms with van der Waals surface area (Å²) in [4.78, 5) is 27.3. The molecule has 4 rings (SSSR count). The maximum absolute atomic E-state index is 14.6. The third-order valence-corrected chi connectivity index (χ3v) is 8.88. The predicted octanol–water partition coefficient (Wildman–Crippen LogP) is 1.97. The molecule has 0 aromatic heterocycles. The lowest BCUT2D eigenvalue weighted by molar-refractivity contribution is -0.148. The summed E-state index contributed by atoms with van der Waals surface area (Å²) in [6.07, 6.45) is -4.67. The fraction of sp³-hybridized carbons (Fsp3) is 0.609. The highest BCUT2D eigenvalue weighted by Crippen LogP contribution is 2.36. The van der Waals surface area contributed by atoms with Crippen molar-refractivity contribution in [1.29, 1.82) is 5.26 Å². The summed E-state index contributed by atoms with van der Waals surface area (Å²) in [7, 11) is -4.30. The lowest BCUT2D eigenvalue weighted by Crippen LogP contribution is -2.61. The van der Waals surface area contributed by atoms with Gasteiger partial charge in [-0.3, -0.25) is 9.59 Å². The molecule has 1 aromatic rings. The van der Waals surface area contributed by atoms with Crippen LogP contribution in [0.5, 0.6) is 0 Å². The van der Waals surface area contributed by atoms with Crippen LogP contribution in [0.15, 0.2) is 24.3 Å². The van der Waals surface area contributed by atoms with E-state index < -0.39 is 77.1 Å². The highest BCUT2D eigenvalue weighted by molar-refractivity contribution is 7.86.